The maximum atomic E-state index is 4.35. The van der Waals surface area contributed by atoms with E-state index in [9.17, 15) is 0 Å². The van der Waals surface area contributed by atoms with Crippen molar-refractivity contribution in [3.8, 4) is 0 Å². The summed E-state index contributed by atoms with van der Waals surface area (Å²) in [6.45, 7) is 16.4. The van der Waals surface area contributed by atoms with Crippen molar-refractivity contribution in [1.82, 2.24) is 10.2 Å². The topological polar surface area (TPSA) is 27.6 Å². The molecule has 0 atom stereocenters. The molecule has 1 aliphatic rings. The van der Waals surface area contributed by atoms with Gasteiger partial charge in [0.15, 0.2) is 0 Å². The second-order valence-corrected chi connectivity index (χ2v) is 4.57. The highest BCUT2D eigenvalue weighted by Crippen LogP contribution is 2.20. The quantitative estimate of drug-likeness (QED) is 0.611. The molecule has 1 fully saturated rings. The number of aliphatic imine (C=N–C) groups is 1. The Balaban J connectivity index is 3.13. The molecule has 0 aromatic rings. The summed E-state index contributed by atoms with van der Waals surface area (Å²) in [5.74, 6) is 0. The minimum absolute atomic E-state index is 1.04. The summed E-state index contributed by atoms with van der Waals surface area (Å²) in [6.07, 6.45) is 3.76. The molecule has 0 aliphatic carbocycles. The molecule has 1 aliphatic heterocycles. The van der Waals surface area contributed by atoms with E-state index in [1.165, 1.54) is 16.8 Å². The molecule has 0 unspecified atom stereocenters. The molecule has 1 heterocycles. The maximum Gasteiger partial charge on any atom is 0.0464 e. The number of nitrogens with zero attached hydrogens (tertiary/aromatic N) is 2. The Morgan fingerprint density at radius 3 is 2.33 bits per heavy atom. The predicted octanol–water partition coefficient (Wildman–Crippen LogP) is 2.74. The zero-order chi connectivity index (χ0) is 13.5. The van der Waals surface area contributed by atoms with E-state index >= 15 is 0 Å². The van der Waals surface area contributed by atoms with Gasteiger partial charge in [-0.15, -0.1) is 0 Å². The van der Waals surface area contributed by atoms with Crippen molar-refractivity contribution in [2.45, 2.75) is 27.7 Å². The Morgan fingerprint density at radius 1 is 1.22 bits per heavy atom. The smallest absolute Gasteiger partial charge is 0.0464 e. The van der Waals surface area contributed by atoms with E-state index < -0.39 is 0 Å². The number of hydrogen-bond donors (Lipinski definition) is 1. The van der Waals surface area contributed by atoms with Gasteiger partial charge in [0.2, 0.25) is 0 Å². The fourth-order valence-corrected chi connectivity index (χ4v) is 2.34. The molecule has 0 bridgehead atoms. The van der Waals surface area contributed by atoms with Crippen molar-refractivity contribution >= 4 is 5.71 Å². The lowest BCUT2D eigenvalue weighted by Gasteiger charge is -2.32. The van der Waals surface area contributed by atoms with Crippen LogP contribution in [0, 0.1) is 0 Å². The van der Waals surface area contributed by atoms with Gasteiger partial charge in [0.05, 0.1) is 0 Å². The second-order valence-electron chi connectivity index (χ2n) is 4.57. The standard InChI is InChI=1S/C15H25N3/c1-6-12(3)15(13(4)17-7-2)14(5)18-10-8-16-9-11-18/h6-7,16H,2,8-11H2,1,3-5H3/b12-6-,15-14+,17-13?. The average Bonchev–Trinajstić information content (AvgIpc) is 2.40. The number of hydrogen-bond acceptors (Lipinski definition) is 3. The van der Waals surface area contributed by atoms with Gasteiger partial charge in [-0.3, -0.25) is 4.99 Å². The molecule has 100 valence electrons. The summed E-state index contributed by atoms with van der Waals surface area (Å²) in [6, 6.07) is 0. The second kappa shape index (κ2) is 7.17. The van der Waals surface area contributed by atoms with Gasteiger partial charge in [-0.25, -0.2) is 0 Å². The Labute approximate surface area is 111 Å². The van der Waals surface area contributed by atoms with E-state index in [1.54, 1.807) is 6.20 Å². The third-order valence-corrected chi connectivity index (χ3v) is 3.43. The molecule has 1 rings (SSSR count). The first-order chi connectivity index (χ1) is 8.61. The molecule has 3 nitrogen and oxygen atoms in total. The molecular formula is C15H25N3. The van der Waals surface area contributed by atoms with Crippen LogP contribution in [0.1, 0.15) is 27.7 Å². The fourth-order valence-electron chi connectivity index (χ4n) is 2.34. The maximum absolute atomic E-state index is 4.35. The van der Waals surface area contributed by atoms with E-state index in [4.69, 9.17) is 0 Å². The van der Waals surface area contributed by atoms with Crippen LogP contribution >= 0.6 is 0 Å². The van der Waals surface area contributed by atoms with Gasteiger partial charge in [-0.2, -0.15) is 0 Å². The normalized spacial score (nSPS) is 19.7. The summed E-state index contributed by atoms with van der Waals surface area (Å²) >= 11 is 0. The van der Waals surface area contributed by atoms with Crippen molar-refractivity contribution in [2.75, 3.05) is 26.2 Å². The molecule has 18 heavy (non-hydrogen) atoms. The summed E-state index contributed by atoms with van der Waals surface area (Å²) in [4.78, 5) is 6.78. The van der Waals surface area contributed by atoms with Gasteiger partial charge < -0.3 is 10.2 Å². The Hall–Kier alpha value is -1.35. The lowest BCUT2D eigenvalue weighted by molar-refractivity contribution is 0.298. The first-order valence-electron chi connectivity index (χ1n) is 6.57. The third-order valence-electron chi connectivity index (χ3n) is 3.43. The van der Waals surface area contributed by atoms with Crippen LogP contribution in [0.15, 0.2) is 40.7 Å². The van der Waals surface area contributed by atoms with Crippen LogP contribution in [-0.2, 0) is 0 Å². The van der Waals surface area contributed by atoms with Gasteiger partial charge >= 0.3 is 0 Å². The van der Waals surface area contributed by atoms with Crippen molar-refractivity contribution in [2.24, 2.45) is 4.99 Å². The van der Waals surface area contributed by atoms with E-state index in [-0.39, 0.29) is 0 Å². The highest BCUT2D eigenvalue weighted by atomic mass is 15.2. The molecule has 1 saturated heterocycles. The molecule has 3 heteroatoms. The molecule has 0 saturated carbocycles. The van der Waals surface area contributed by atoms with Crippen molar-refractivity contribution in [1.29, 1.82) is 0 Å². The van der Waals surface area contributed by atoms with Gasteiger partial charge in [0.1, 0.15) is 0 Å². The minimum atomic E-state index is 1.04. The third kappa shape index (κ3) is 3.57. The largest absolute Gasteiger partial charge is 0.372 e. The monoisotopic (exact) mass is 247 g/mol. The molecular weight excluding hydrogens is 222 g/mol. The molecule has 1 N–H and O–H groups in total. The molecule has 0 amide bonds. The Kier molecular flexibility index (Phi) is 5.86. The first kappa shape index (κ1) is 14.7. The van der Waals surface area contributed by atoms with E-state index in [0.717, 1.165) is 31.9 Å². The van der Waals surface area contributed by atoms with Crippen LogP contribution in [0.25, 0.3) is 0 Å². The van der Waals surface area contributed by atoms with Crippen LogP contribution in [0.2, 0.25) is 0 Å². The highest BCUT2D eigenvalue weighted by molar-refractivity contribution is 6.02. The van der Waals surface area contributed by atoms with Gasteiger partial charge in [0, 0.05) is 49.4 Å². The molecule has 0 aromatic carbocycles. The first-order valence-corrected chi connectivity index (χ1v) is 6.57. The summed E-state index contributed by atoms with van der Waals surface area (Å²) in [5, 5.41) is 3.38. The minimum Gasteiger partial charge on any atom is -0.372 e. The van der Waals surface area contributed by atoms with Crippen LogP contribution < -0.4 is 5.32 Å². The van der Waals surface area contributed by atoms with Crippen LogP contribution in [0.4, 0.5) is 0 Å². The number of allylic oxidation sites excluding steroid dienone is 4. The number of nitrogens with one attached hydrogen (secondary N) is 1. The highest BCUT2D eigenvalue weighted by Gasteiger charge is 2.16. The van der Waals surface area contributed by atoms with Crippen LogP contribution in [0.3, 0.4) is 0 Å². The van der Waals surface area contributed by atoms with E-state index in [1.807, 2.05) is 0 Å². The number of piperazine rings is 1. The van der Waals surface area contributed by atoms with Crippen molar-refractivity contribution in [3.63, 3.8) is 0 Å². The van der Waals surface area contributed by atoms with Crippen molar-refractivity contribution < 1.29 is 0 Å². The fraction of sp³-hybridized carbons (Fsp3) is 0.533. The van der Waals surface area contributed by atoms with E-state index in [2.05, 4.69) is 55.6 Å². The lowest BCUT2D eigenvalue weighted by atomic mass is 10.00. The predicted molar refractivity (Wildman–Crippen MR) is 79.9 cm³/mol. The molecule has 0 spiro atoms. The average molecular weight is 247 g/mol. The summed E-state index contributed by atoms with van der Waals surface area (Å²) in [7, 11) is 0. The van der Waals surface area contributed by atoms with Gasteiger partial charge in [-0.1, -0.05) is 12.7 Å². The zero-order valence-corrected chi connectivity index (χ0v) is 12.1. The Bertz CT molecular complexity index is 383. The van der Waals surface area contributed by atoms with Gasteiger partial charge in [0.25, 0.3) is 0 Å². The Morgan fingerprint density at radius 2 is 1.83 bits per heavy atom. The molecule has 0 radical (unpaired) electrons. The van der Waals surface area contributed by atoms with Crippen LogP contribution in [-0.4, -0.2) is 36.8 Å². The SMILES string of the molecule is C=CN=C(C)C(/C(C)=C\C)=C(\C)N1CCNCC1. The van der Waals surface area contributed by atoms with Crippen LogP contribution in [0.5, 0.6) is 0 Å². The van der Waals surface area contributed by atoms with Crippen molar-refractivity contribution in [3.05, 3.63) is 35.7 Å². The molecule has 0 aromatic heterocycles. The number of rotatable bonds is 4. The van der Waals surface area contributed by atoms with E-state index in [0.29, 0.717) is 0 Å². The van der Waals surface area contributed by atoms with Gasteiger partial charge in [-0.05, 0) is 33.3 Å². The zero-order valence-electron chi connectivity index (χ0n) is 12.1. The lowest BCUT2D eigenvalue weighted by Crippen LogP contribution is -2.43. The summed E-state index contributed by atoms with van der Waals surface area (Å²) < 4.78 is 0. The summed E-state index contributed by atoms with van der Waals surface area (Å²) in [5.41, 5.74) is 4.88.